The largest absolute Gasteiger partial charge is 0.400 e. The van der Waals surface area contributed by atoms with Gasteiger partial charge < -0.3 is 10.2 Å². The molecule has 0 aliphatic rings. The van der Waals surface area contributed by atoms with Crippen LogP contribution in [0.5, 0.6) is 0 Å². The Morgan fingerprint density at radius 1 is 0.909 bits per heavy atom. The zero-order valence-electron chi connectivity index (χ0n) is 8.31. The summed E-state index contributed by atoms with van der Waals surface area (Å²) >= 11 is 0. The molecule has 0 rings (SSSR count). The fraction of sp³-hybridized carbons (Fsp3) is 1.00. The highest BCUT2D eigenvalue weighted by molar-refractivity contribution is 3.92. The van der Waals surface area contributed by atoms with E-state index in [1.165, 1.54) is 6.42 Å². The van der Waals surface area contributed by atoms with Crippen LogP contribution < -0.4 is 0 Å². The summed E-state index contributed by atoms with van der Waals surface area (Å²) in [7, 11) is 1.00. The van der Waals surface area contributed by atoms with Gasteiger partial charge in [-0.15, -0.1) is 0 Å². The minimum absolute atomic E-state index is 0. The first-order chi connectivity index (χ1) is 4.83. The summed E-state index contributed by atoms with van der Waals surface area (Å²) in [4.78, 5) is 0. The first-order valence-electron chi connectivity index (χ1n) is 3.88. The highest BCUT2D eigenvalue weighted by Crippen LogP contribution is 1.56. The Hall–Kier alpha value is -0.0800. The Morgan fingerprint density at radius 2 is 0.909 bits per heavy atom. The zero-order chi connectivity index (χ0) is 9.41. The third-order valence-corrected chi connectivity index (χ3v) is 0. The molecule has 0 saturated carbocycles. The van der Waals surface area contributed by atoms with Gasteiger partial charge >= 0.3 is 0 Å². The lowest BCUT2D eigenvalue weighted by atomic mass is 10.6. The monoisotopic (exact) mass is 168 g/mol. The Kier molecular flexibility index (Phi) is 597. The summed E-state index contributed by atoms with van der Waals surface area (Å²) < 4.78 is 0. The second-order valence-corrected chi connectivity index (χ2v) is 1.02. The second-order valence-electron chi connectivity index (χ2n) is 1.02. The van der Waals surface area contributed by atoms with Crippen LogP contribution >= 0.6 is 0 Å². The molecule has 0 bridgehead atoms. The Labute approximate surface area is 73.3 Å². The number of hydrogen-bond acceptors (Lipinski definition) is 2. The molecule has 0 heterocycles. The van der Waals surface area contributed by atoms with Gasteiger partial charge in [-0.1, -0.05) is 41.5 Å². The maximum Gasteiger partial charge on any atom is 0.0402 e. The number of rotatable bonds is 0. The van der Waals surface area contributed by atoms with Crippen molar-refractivity contribution in [2.75, 3.05) is 13.7 Å². The van der Waals surface area contributed by atoms with Crippen LogP contribution in [0.4, 0.5) is 0 Å². The molecule has 0 amide bonds. The third-order valence-electron chi connectivity index (χ3n) is 0. The molecule has 0 atom stereocenters. The highest BCUT2D eigenvalue weighted by Gasteiger charge is 1.35. The Bertz CT molecular complexity index is 9.52. The van der Waals surface area contributed by atoms with Gasteiger partial charge in [-0.2, -0.15) is 0 Å². The first kappa shape index (κ1) is 30.7. The standard InChI is InChI=1S/C3H8.C2H6O.C2H6.CH4O.CH4/c1-3-2;1-2-3;2*1-2;/h3H2,1-2H3;3H,2H2,1H3;1-2H3;2H,1H3;1H4. The van der Waals surface area contributed by atoms with E-state index in [4.69, 9.17) is 10.2 Å². The zero-order valence-corrected chi connectivity index (χ0v) is 8.31. The summed E-state index contributed by atoms with van der Waals surface area (Å²) in [6.07, 6.45) is 1.25. The minimum Gasteiger partial charge on any atom is -0.400 e. The first-order valence-corrected chi connectivity index (χ1v) is 3.88. The lowest BCUT2D eigenvalue weighted by molar-refractivity contribution is 0.318. The number of hydrogen-bond donors (Lipinski definition) is 2. The maximum absolute atomic E-state index is 7.57. The topological polar surface area (TPSA) is 40.5 Å². The molecule has 0 unspecified atom stereocenters. The average Bonchev–Trinajstić information content (AvgIpc) is 1.99. The summed E-state index contributed by atoms with van der Waals surface area (Å²) in [6, 6.07) is 0. The normalized spacial score (nSPS) is 4.36. The van der Waals surface area contributed by atoms with Gasteiger partial charge in [-0.25, -0.2) is 0 Å². The Morgan fingerprint density at radius 3 is 0.909 bits per heavy atom. The fourth-order valence-corrected chi connectivity index (χ4v) is 0. The van der Waals surface area contributed by atoms with Crippen molar-refractivity contribution in [1.29, 1.82) is 0 Å². The molecule has 0 aromatic carbocycles. The Balaban J connectivity index is -0.0000000144. The molecule has 76 valence electrons. The smallest absolute Gasteiger partial charge is 0.0402 e. The van der Waals surface area contributed by atoms with E-state index in [1.807, 2.05) is 13.8 Å². The molecule has 0 aliphatic carbocycles. The van der Waals surface area contributed by atoms with Gasteiger partial charge in [0.15, 0.2) is 0 Å². The van der Waals surface area contributed by atoms with Crippen LogP contribution in [0, 0.1) is 0 Å². The maximum atomic E-state index is 7.57. The molecule has 2 N–H and O–H groups in total. The van der Waals surface area contributed by atoms with Crippen molar-refractivity contribution < 1.29 is 10.2 Å². The van der Waals surface area contributed by atoms with Gasteiger partial charge in [0.25, 0.3) is 0 Å². The second kappa shape index (κ2) is 214. The lowest BCUT2D eigenvalue weighted by Crippen LogP contribution is -1.57. The van der Waals surface area contributed by atoms with Crippen LogP contribution in [-0.2, 0) is 0 Å². The fourth-order valence-electron chi connectivity index (χ4n) is 0. The summed E-state index contributed by atoms with van der Waals surface area (Å²) in [6.45, 7) is 10.2. The third kappa shape index (κ3) is 97200. The summed E-state index contributed by atoms with van der Waals surface area (Å²) in [5.41, 5.74) is 0. The molecule has 0 aromatic rings. The van der Waals surface area contributed by atoms with Crippen LogP contribution in [0.2, 0.25) is 0 Å². The van der Waals surface area contributed by atoms with E-state index in [0.29, 0.717) is 0 Å². The predicted octanol–water partition coefficient (Wildman–Crippen LogP) is 2.69. The van der Waals surface area contributed by atoms with E-state index in [0.717, 1.165) is 7.11 Å². The van der Waals surface area contributed by atoms with Crippen LogP contribution in [-0.4, -0.2) is 23.9 Å². The van der Waals surface area contributed by atoms with Gasteiger partial charge in [0.05, 0.1) is 0 Å². The van der Waals surface area contributed by atoms with Crippen LogP contribution in [0.25, 0.3) is 0 Å². The van der Waals surface area contributed by atoms with Crippen molar-refractivity contribution in [3.63, 3.8) is 0 Å². The molecular weight excluding hydrogens is 140 g/mol. The molecular formula is C9H28O2. The quantitative estimate of drug-likeness (QED) is 0.584. The lowest BCUT2D eigenvalue weighted by Gasteiger charge is -1.52. The van der Waals surface area contributed by atoms with Crippen molar-refractivity contribution in [3.8, 4) is 0 Å². The number of aliphatic hydroxyl groups is 2. The summed E-state index contributed by atoms with van der Waals surface area (Å²) in [5, 5.41) is 14.6. The molecule has 0 fully saturated rings. The van der Waals surface area contributed by atoms with E-state index in [1.54, 1.807) is 6.92 Å². The summed E-state index contributed by atoms with van der Waals surface area (Å²) in [5.74, 6) is 0. The van der Waals surface area contributed by atoms with Gasteiger partial charge in [-0.3, -0.25) is 0 Å². The highest BCUT2D eigenvalue weighted by atomic mass is 16.2. The van der Waals surface area contributed by atoms with Gasteiger partial charge in [0, 0.05) is 13.7 Å². The SMILES string of the molecule is C.CC.CCC.CCO.CO. The molecule has 0 radical (unpaired) electrons. The minimum atomic E-state index is 0. The van der Waals surface area contributed by atoms with E-state index in [-0.39, 0.29) is 14.0 Å². The van der Waals surface area contributed by atoms with E-state index in [9.17, 15) is 0 Å². The van der Waals surface area contributed by atoms with Crippen molar-refractivity contribution in [1.82, 2.24) is 0 Å². The molecule has 11 heavy (non-hydrogen) atoms. The molecule has 2 heteroatoms. The van der Waals surface area contributed by atoms with E-state index in [2.05, 4.69) is 13.8 Å². The molecule has 0 aromatic heterocycles. The van der Waals surface area contributed by atoms with E-state index >= 15 is 0 Å². The van der Waals surface area contributed by atoms with Gasteiger partial charge in [0.2, 0.25) is 0 Å². The van der Waals surface area contributed by atoms with Gasteiger partial charge in [0.1, 0.15) is 0 Å². The van der Waals surface area contributed by atoms with Gasteiger partial charge in [-0.05, 0) is 6.92 Å². The molecule has 2 nitrogen and oxygen atoms in total. The number of aliphatic hydroxyl groups excluding tert-OH is 2. The predicted molar refractivity (Wildman–Crippen MR) is 54.9 cm³/mol. The molecule has 0 aliphatic heterocycles. The van der Waals surface area contributed by atoms with Crippen LogP contribution in [0.3, 0.4) is 0 Å². The molecule has 0 spiro atoms. The molecule has 0 saturated heterocycles. The van der Waals surface area contributed by atoms with Crippen molar-refractivity contribution >= 4 is 0 Å². The van der Waals surface area contributed by atoms with Crippen molar-refractivity contribution in [2.24, 2.45) is 0 Å². The van der Waals surface area contributed by atoms with Crippen molar-refractivity contribution in [3.05, 3.63) is 0 Å². The van der Waals surface area contributed by atoms with Crippen LogP contribution in [0.1, 0.15) is 48.5 Å². The van der Waals surface area contributed by atoms with Crippen molar-refractivity contribution in [2.45, 2.75) is 48.5 Å². The van der Waals surface area contributed by atoms with E-state index < -0.39 is 0 Å². The average molecular weight is 168 g/mol. The van der Waals surface area contributed by atoms with Crippen LogP contribution in [0.15, 0.2) is 0 Å².